The minimum atomic E-state index is 0.300. The van der Waals surface area contributed by atoms with E-state index in [1.165, 1.54) is 6.42 Å². The summed E-state index contributed by atoms with van der Waals surface area (Å²) in [4.78, 5) is 0. The third-order valence-electron chi connectivity index (χ3n) is 15.7. The van der Waals surface area contributed by atoms with Crippen molar-refractivity contribution in [2.24, 2.45) is 72.4 Å². The summed E-state index contributed by atoms with van der Waals surface area (Å²) in [5, 5.41) is 0. The van der Waals surface area contributed by atoms with Gasteiger partial charge in [0, 0.05) is 0 Å². The topological polar surface area (TPSA) is 0 Å². The summed E-state index contributed by atoms with van der Waals surface area (Å²) in [7, 11) is 0. The van der Waals surface area contributed by atoms with Crippen molar-refractivity contribution in [2.45, 2.75) is 103 Å². The number of rotatable bonds is 0. The third-order valence-corrected chi connectivity index (χ3v) is 15.7. The van der Waals surface area contributed by atoms with Crippen LogP contribution in [0.15, 0.2) is 12.2 Å². The molecule has 4 fully saturated rings. The lowest BCUT2D eigenvalue weighted by atomic mass is 9.36. The second-order valence-electron chi connectivity index (χ2n) is 16.2. The highest BCUT2D eigenvalue weighted by Crippen LogP contribution is 2.95. The van der Waals surface area contributed by atoms with Crippen molar-refractivity contribution in [1.29, 1.82) is 0 Å². The zero-order valence-corrected chi connectivity index (χ0v) is 22.7. The molecule has 0 spiro atoms. The van der Waals surface area contributed by atoms with Gasteiger partial charge in [0.1, 0.15) is 0 Å². The van der Waals surface area contributed by atoms with Crippen LogP contribution < -0.4 is 0 Å². The van der Waals surface area contributed by atoms with Gasteiger partial charge in [-0.15, -0.1) is 0 Å². The smallest absolute Gasteiger partial charge is 0.00500 e. The van der Waals surface area contributed by atoms with Gasteiger partial charge in [-0.05, 0) is 78.8 Å². The van der Waals surface area contributed by atoms with E-state index in [-0.39, 0.29) is 0 Å². The van der Waals surface area contributed by atoms with E-state index in [1.54, 1.807) is 0 Å². The molecule has 5 aliphatic carbocycles. The number of hydrogen-bond acceptors (Lipinski definition) is 0. The number of hydrogen-bond donors (Lipinski definition) is 0. The maximum Gasteiger partial charge on any atom is -0.00500 e. The lowest BCUT2D eigenvalue weighted by Crippen LogP contribution is -2.63. The zero-order chi connectivity index (χ0) is 22.9. The Labute approximate surface area is 188 Å². The van der Waals surface area contributed by atoms with Gasteiger partial charge in [-0.25, -0.2) is 0 Å². The van der Waals surface area contributed by atoms with Gasteiger partial charge >= 0.3 is 0 Å². The molecule has 5 rings (SSSR count). The average molecular weight is 411 g/mol. The van der Waals surface area contributed by atoms with E-state index in [9.17, 15) is 0 Å². The van der Waals surface area contributed by atoms with E-state index >= 15 is 0 Å². The van der Waals surface area contributed by atoms with Crippen LogP contribution in [0.5, 0.6) is 0 Å². The molecule has 0 aromatic rings. The Morgan fingerprint density at radius 2 is 0.933 bits per heavy atom. The van der Waals surface area contributed by atoms with Crippen LogP contribution >= 0.6 is 0 Å². The van der Waals surface area contributed by atoms with Crippen LogP contribution in [-0.2, 0) is 0 Å². The Hall–Kier alpha value is -0.260. The first-order valence-corrected chi connectivity index (χ1v) is 12.9. The monoisotopic (exact) mass is 410 g/mol. The fraction of sp³-hybridized carbons (Fsp3) is 0.933. The van der Waals surface area contributed by atoms with Gasteiger partial charge in [0.05, 0.1) is 0 Å². The molecule has 0 nitrogen and oxygen atoms in total. The van der Waals surface area contributed by atoms with Gasteiger partial charge in [0.25, 0.3) is 0 Å². The van der Waals surface area contributed by atoms with Gasteiger partial charge in [-0.3, -0.25) is 0 Å². The fourth-order valence-electron chi connectivity index (χ4n) is 12.0. The van der Waals surface area contributed by atoms with Gasteiger partial charge in [0.15, 0.2) is 0 Å². The molecule has 5 aliphatic rings. The predicted molar refractivity (Wildman–Crippen MR) is 129 cm³/mol. The minimum Gasteiger partial charge on any atom is -0.0811 e. The van der Waals surface area contributed by atoms with Crippen molar-refractivity contribution in [3.8, 4) is 0 Å². The molecule has 0 saturated heterocycles. The first-order valence-electron chi connectivity index (χ1n) is 12.9. The van der Waals surface area contributed by atoms with Crippen LogP contribution in [0.4, 0.5) is 0 Å². The van der Waals surface area contributed by atoms with Gasteiger partial charge in [-0.1, -0.05) is 109 Å². The van der Waals surface area contributed by atoms with Crippen LogP contribution in [0.25, 0.3) is 0 Å². The largest absolute Gasteiger partial charge is 0.0811 e. The second kappa shape index (κ2) is 4.68. The lowest BCUT2D eigenvalue weighted by Gasteiger charge is -2.69. The van der Waals surface area contributed by atoms with E-state index < -0.39 is 0 Å². The Balaban J connectivity index is 1.85. The third kappa shape index (κ3) is 1.48. The van der Waals surface area contributed by atoms with Crippen molar-refractivity contribution in [2.75, 3.05) is 0 Å². The molecule has 0 heterocycles. The molecule has 8 unspecified atom stereocenters. The molecule has 0 N–H and O–H groups in total. The molecule has 0 amide bonds. The normalized spacial score (nSPS) is 59.3. The van der Waals surface area contributed by atoms with Crippen molar-refractivity contribution in [1.82, 2.24) is 0 Å². The van der Waals surface area contributed by atoms with Crippen LogP contribution in [0.3, 0.4) is 0 Å². The molecular formula is C30H50. The van der Waals surface area contributed by atoms with E-state index in [1.807, 2.05) is 0 Å². The van der Waals surface area contributed by atoms with Crippen molar-refractivity contribution >= 4 is 0 Å². The summed E-state index contributed by atoms with van der Waals surface area (Å²) in [5.41, 5.74) is 3.04. The number of allylic oxidation sites excluding steroid dienone is 2. The highest BCUT2D eigenvalue weighted by molar-refractivity contribution is 5.44. The lowest BCUT2D eigenvalue weighted by molar-refractivity contribution is -0.205. The van der Waals surface area contributed by atoms with Crippen LogP contribution in [0.2, 0.25) is 0 Å². The summed E-state index contributed by atoms with van der Waals surface area (Å²) >= 11 is 0. The van der Waals surface area contributed by atoms with E-state index in [2.05, 4.69) is 109 Å². The summed E-state index contributed by atoms with van der Waals surface area (Å²) in [6, 6.07) is 0. The van der Waals surface area contributed by atoms with E-state index in [0.29, 0.717) is 48.7 Å². The Morgan fingerprint density at radius 3 is 1.40 bits per heavy atom. The second-order valence-corrected chi connectivity index (χ2v) is 16.2. The molecule has 0 radical (unpaired) electrons. The minimum absolute atomic E-state index is 0.300. The zero-order valence-electron chi connectivity index (χ0n) is 22.7. The maximum atomic E-state index is 2.77. The summed E-state index contributed by atoms with van der Waals surface area (Å²) in [6.07, 6.45) is 6.75. The molecule has 0 aliphatic heterocycles. The van der Waals surface area contributed by atoms with Gasteiger partial charge < -0.3 is 0 Å². The Morgan fingerprint density at radius 1 is 0.500 bits per heavy atom. The standard InChI is InChI=1S/C30H50/c1-22(2)17-18-19(23(3,4)24(22,5)6)30(14)21-20(29(18,13)26(30,9)10)27(11)15-16-28(21,12)25(27,7)8/h15-16,18-21H,17H2,1-14H3. The van der Waals surface area contributed by atoms with Crippen molar-refractivity contribution in [3.05, 3.63) is 12.2 Å². The fourth-order valence-corrected chi connectivity index (χ4v) is 12.0. The van der Waals surface area contributed by atoms with Crippen LogP contribution in [-0.4, -0.2) is 0 Å². The van der Waals surface area contributed by atoms with E-state index in [4.69, 9.17) is 0 Å². The summed E-state index contributed by atoms with van der Waals surface area (Å²) in [6.45, 7) is 37.1. The maximum absolute atomic E-state index is 2.77. The van der Waals surface area contributed by atoms with Crippen LogP contribution in [0, 0.1) is 72.4 Å². The van der Waals surface area contributed by atoms with Crippen molar-refractivity contribution in [3.63, 3.8) is 0 Å². The van der Waals surface area contributed by atoms with Crippen LogP contribution in [0.1, 0.15) is 103 Å². The highest BCUT2D eigenvalue weighted by Gasteiger charge is 2.91. The molecule has 170 valence electrons. The molecule has 8 atom stereocenters. The number of fused-ring (bicyclic) bond motifs is 12. The SMILES string of the molecule is CC1(C)CC2C(C(C)(C)C1(C)C)C1(C)C3C(C4(C)C=CC3(C)C4(C)C)C2(C)C1(C)C. The molecular weight excluding hydrogens is 360 g/mol. The van der Waals surface area contributed by atoms with Gasteiger partial charge in [0.2, 0.25) is 0 Å². The molecule has 4 saturated carbocycles. The van der Waals surface area contributed by atoms with E-state index in [0.717, 1.165) is 23.7 Å². The first-order chi connectivity index (χ1) is 13.2. The Kier molecular flexibility index (Phi) is 3.37. The molecule has 0 heteroatoms. The Bertz CT molecular complexity index is 864. The average Bonchev–Trinajstić information content (AvgIpc) is 2.97. The summed E-state index contributed by atoms with van der Waals surface area (Å²) in [5.74, 6) is 3.19. The quantitative estimate of drug-likeness (QED) is 0.277. The predicted octanol–water partition coefficient (Wildman–Crippen LogP) is 8.62. The molecule has 4 bridgehead atoms. The van der Waals surface area contributed by atoms with Crippen molar-refractivity contribution < 1.29 is 0 Å². The molecule has 30 heavy (non-hydrogen) atoms. The summed E-state index contributed by atoms with van der Waals surface area (Å²) < 4.78 is 0. The van der Waals surface area contributed by atoms with Gasteiger partial charge in [-0.2, -0.15) is 0 Å². The highest BCUT2D eigenvalue weighted by atomic mass is 14.9. The first kappa shape index (κ1) is 21.6. The molecule has 0 aromatic heterocycles. The molecule has 0 aromatic carbocycles.